The molecule has 0 aromatic heterocycles. The summed E-state index contributed by atoms with van der Waals surface area (Å²) in [6, 6.07) is 12.0. The minimum absolute atomic E-state index is 0.0310. The number of ether oxygens (including phenoxy) is 2. The lowest BCUT2D eigenvalue weighted by atomic mass is 9.60. The third-order valence-corrected chi connectivity index (χ3v) is 16.4. The van der Waals surface area contributed by atoms with Gasteiger partial charge < -0.3 is 50.7 Å². The molecule has 314 valence electrons. The van der Waals surface area contributed by atoms with Crippen LogP contribution < -0.4 is 15.4 Å². The van der Waals surface area contributed by atoms with Gasteiger partial charge in [0.1, 0.15) is 40.8 Å². The van der Waals surface area contributed by atoms with Crippen LogP contribution in [-0.2, 0) is 17.8 Å². The van der Waals surface area contributed by atoms with Crippen LogP contribution >= 0.6 is 21.6 Å². The number of rotatable bonds is 4. The Hall–Kier alpha value is -3.60. The van der Waals surface area contributed by atoms with E-state index in [4.69, 9.17) is 9.47 Å². The summed E-state index contributed by atoms with van der Waals surface area (Å²) in [5.74, 6) is -1.10. The molecule has 2 aromatic rings. The predicted octanol–water partition coefficient (Wildman–Crippen LogP) is 4.77. The van der Waals surface area contributed by atoms with Gasteiger partial charge in [-0.25, -0.2) is 0 Å². The second-order valence-electron chi connectivity index (χ2n) is 17.6. The lowest BCUT2D eigenvalue weighted by molar-refractivity contribution is -0.319. The molecular weight excluding hydrogens is 793 g/mol. The van der Waals surface area contributed by atoms with Gasteiger partial charge in [-0.3, -0.25) is 9.59 Å². The molecule has 0 amide bonds. The quantitative estimate of drug-likeness (QED) is 0.196. The maximum absolute atomic E-state index is 15.2. The monoisotopic (exact) mass is 844 g/mol. The lowest BCUT2D eigenvalue weighted by Gasteiger charge is -2.51. The number of carbonyl (C=O) groups excluding carboxylic acids is 2. The summed E-state index contributed by atoms with van der Waals surface area (Å²) in [5, 5.41) is 75.9. The van der Waals surface area contributed by atoms with E-state index < -0.39 is 65.1 Å². The number of hydrogen-bond donors (Lipinski definition) is 8. The van der Waals surface area contributed by atoms with Crippen molar-refractivity contribution < 1.29 is 49.7 Å². The minimum atomic E-state index is -2.21. The van der Waals surface area contributed by atoms with Crippen LogP contribution in [0.25, 0.3) is 0 Å². The first-order valence-corrected chi connectivity index (χ1v) is 23.1. The Kier molecular flexibility index (Phi) is 10.9. The Morgan fingerprint density at radius 2 is 1.69 bits per heavy atom. The highest BCUT2D eigenvalue weighted by molar-refractivity contribution is 8.76. The zero-order valence-corrected chi connectivity index (χ0v) is 34.4. The third-order valence-electron chi connectivity index (χ3n) is 14.2. The summed E-state index contributed by atoms with van der Waals surface area (Å²) in [4.78, 5) is 29.9. The molecule has 4 aliphatic carbocycles. The summed E-state index contributed by atoms with van der Waals surface area (Å²) in [6.45, 7) is -0.292. The van der Waals surface area contributed by atoms with Gasteiger partial charge in [-0.1, -0.05) is 83.0 Å². The fourth-order valence-electron chi connectivity index (χ4n) is 11.2. The van der Waals surface area contributed by atoms with E-state index in [1.165, 1.54) is 27.7 Å². The van der Waals surface area contributed by atoms with Crippen LogP contribution in [0.15, 0.2) is 89.5 Å². The van der Waals surface area contributed by atoms with Crippen LogP contribution in [0.1, 0.15) is 83.2 Å². The molecule has 14 heteroatoms. The van der Waals surface area contributed by atoms with Crippen LogP contribution in [0.4, 0.5) is 0 Å². The highest BCUT2D eigenvalue weighted by atomic mass is 33.1. The van der Waals surface area contributed by atoms with Crippen LogP contribution in [0, 0.1) is 22.2 Å². The first-order chi connectivity index (χ1) is 28.4. The van der Waals surface area contributed by atoms with Gasteiger partial charge in [0.15, 0.2) is 11.6 Å². The summed E-state index contributed by atoms with van der Waals surface area (Å²) >= 11 is 0. The van der Waals surface area contributed by atoms with Crippen LogP contribution in [0.3, 0.4) is 0 Å². The normalized spacial score (nSPS) is 35.2. The van der Waals surface area contributed by atoms with E-state index in [9.17, 15) is 35.4 Å². The maximum atomic E-state index is 15.2. The number of ketones is 2. The number of allylic oxidation sites excluding steroid dienone is 6. The molecule has 1 saturated heterocycles. The molecule has 7 aliphatic rings. The fourth-order valence-corrected chi connectivity index (χ4v) is 13.5. The largest absolute Gasteiger partial charge is 0.511 e. The molecule has 59 heavy (non-hydrogen) atoms. The van der Waals surface area contributed by atoms with Crippen LogP contribution in [0.5, 0.6) is 5.75 Å². The predicted molar refractivity (Wildman–Crippen MR) is 223 cm³/mol. The number of hydrogen-bond acceptors (Lipinski definition) is 14. The number of aliphatic hydroxyl groups is 6. The number of nitrogens with one attached hydrogen (secondary N) is 2. The average molecular weight is 845 g/mol. The van der Waals surface area contributed by atoms with Crippen molar-refractivity contribution in [3.05, 3.63) is 112 Å². The number of fused-ring (bicyclic) bond motifs is 4. The smallest absolute Gasteiger partial charge is 0.229 e. The number of Topliss-reactive ketones (excluding diaryl/α,β-unsaturated/α-hetero) is 2. The van der Waals surface area contributed by atoms with E-state index in [1.807, 2.05) is 24.3 Å². The van der Waals surface area contributed by atoms with E-state index in [0.29, 0.717) is 24.4 Å². The lowest BCUT2D eigenvalue weighted by Crippen LogP contribution is -2.69. The Bertz CT molecular complexity index is 2150. The van der Waals surface area contributed by atoms with Crippen molar-refractivity contribution in [3.8, 4) is 5.75 Å². The third kappa shape index (κ3) is 6.87. The summed E-state index contributed by atoms with van der Waals surface area (Å²) < 4.78 is 12.4. The zero-order valence-electron chi connectivity index (χ0n) is 32.8. The van der Waals surface area contributed by atoms with Gasteiger partial charge in [0.05, 0.1) is 36.4 Å². The fraction of sp³-hybridized carbons (Fsp3) is 0.511. The van der Waals surface area contributed by atoms with Gasteiger partial charge in [0, 0.05) is 17.9 Å². The van der Waals surface area contributed by atoms with Gasteiger partial charge in [-0.2, -0.15) is 0 Å². The van der Waals surface area contributed by atoms with E-state index >= 15 is 4.79 Å². The Balaban J connectivity index is 1.13. The molecule has 3 spiro atoms. The zero-order chi connectivity index (χ0) is 41.2. The molecular formula is C45H52N2O10S2. The van der Waals surface area contributed by atoms with Crippen molar-refractivity contribution in [1.82, 2.24) is 10.6 Å². The highest BCUT2D eigenvalue weighted by Gasteiger charge is 2.63. The SMILES string of the molecule is O=C1c2cccc3c2C(=O)C2(CSSCNC4=CC(=CCN4)C4(CCC5(CCCC5)C4)CC4(O)C(O)C(CO)OC(O3)C4O)C(O)=CC(Cc3cccc(CO)c3)=CC12. The molecule has 8 N–H and O–H groups in total. The van der Waals surface area contributed by atoms with E-state index in [1.54, 1.807) is 24.3 Å². The number of carbonyl (C=O) groups is 2. The van der Waals surface area contributed by atoms with Crippen molar-refractivity contribution in [3.63, 3.8) is 0 Å². The summed E-state index contributed by atoms with van der Waals surface area (Å²) in [6.07, 6.45) is 8.18. The van der Waals surface area contributed by atoms with Gasteiger partial charge in [-0.15, -0.1) is 0 Å². The minimum Gasteiger partial charge on any atom is -0.511 e. The van der Waals surface area contributed by atoms with Gasteiger partial charge in [0.2, 0.25) is 6.29 Å². The molecule has 3 fully saturated rings. The molecule has 12 nitrogen and oxygen atoms in total. The second-order valence-corrected chi connectivity index (χ2v) is 20.1. The first kappa shape index (κ1) is 40.8. The molecule has 8 atom stereocenters. The standard InChI is InChI=1S/C45H52N2O10S2/c48-20-27-6-3-5-26(15-27)16-28-17-31-37(51)30-7-4-8-32-36(30)39(53)44(31,34(50)18-28)24-58-59-25-47-35-19-29(9-14-46-35)43(13-12-42(22-43)10-1-2-11-42)23-45(55)38(52)33(21-49)57-41(56-32)40(45)54/h3-9,15,17-19,31,33,38,40-41,46-50,52,54-55H,1-2,10-14,16,20-25H2. The van der Waals surface area contributed by atoms with E-state index in [-0.39, 0.29) is 46.8 Å². The van der Waals surface area contributed by atoms with Gasteiger partial charge >= 0.3 is 0 Å². The Labute approximate surface area is 351 Å². The Morgan fingerprint density at radius 3 is 2.49 bits per heavy atom. The number of aliphatic hydroxyl groups excluding tert-OH is 5. The van der Waals surface area contributed by atoms with Crippen molar-refractivity contribution in [1.29, 1.82) is 0 Å². The first-order valence-electron chi connectivity index (χ1n) is 20.6. The number of dihydropyridines is 1. The van der Waals surface area contributed by atoms with E-state index in [2.05, 4.69) is 22.8 Å². The molecule has 8 unspecified atom stereocenters. The molecule has 3 heterocycles. The van der Waals surface area contributed by atoms with Crippen LogP contribution in [-0.4, -0.2) is 97.2 Å². The van der Waals surface area contributed by atoms with Crippen molar-refractivity contribution >= 4 is 33.2 Å². The van der Waals surface area contributed by atoms with Crippen molar-refractivity contribution in [2.75, 3.05) is 24.8 Å². The molecule has 9 rings (SSSR count). The molecule has 2 saturated carbocycles. The molecule has 6 bridgehead atoms. The second kappa shape index (κ2) is 15.7. The molecule has 2 aromatic carbocycles. The average Bonchev–Trinajstić information content (AvgIpc) is 3.86. The molecule has 3 aliphatic heterocycles. The van der Waals surface area contributed by atoms with Crippen molar-refractivity contribution in [2.24, 2.45) is 22.2 Å². The summed E-state index contributed by atoms with van der Waals surface area (Å²) in [5.41, 5.74) is -1.20. The number of benzene rings is 2. The van der Waals surface area contributed by atoms with Gasteiger partial charge in [0.25, 0.3) is 0 Å². The van der Waals surface area contributed by atoms with E-state index in [0.717, 1.165) is 67.5 Å². The maximum Gasteiger partial charge on any atom is 0.229 e. The van der Waals surface area contributed by atoms with Gasteiger partial charge in [-0.05, 0) is 96.3 Å². The highest BCUT2D eigenvalue weighted by Crippen LogP contribution is 2.63. The summed E-state index contributed by atoms with van der Waals surface area (Å²) in [7, 11) is 2.83. The topological polar surface area (TPSA) is 198 Å². The Morgan fingerprint density at radius 1 is 0.898 bits per heavy atom. The van der Waals surface area contributed by atoms with Crippen LogP contribution in [0.2, 0.25) is 0 Å². The molecule has 0 radical (unpaired) electrons. The van der Waals surface area contributed by atoms with Crippen molar-refractivity contribution in [2.45, 2.75) is 94.6 Å².